The fraction of sp³-hybridized carbons (Fsp3) is 0.444. The van der Waals surface area contributed by atoms with Gasteiger partial charge in [0.15, 0.2) is 0 Å². The van der Waals surface area contributed by atoms with Gasteiger partial charge in [0.1, 0.15) is 6.33 Å². The van der Waals surface area contributed by atoms with E-state index in [1.54, 1.807) is 6.20 Å². The Bertz CT molecular complexity index is 693. The highest BCUT2D eigenvalue weighted by atomic mass is 16.2. The van der Waals surface area contributed by atoms with Gasteiger partial charge in [0.05, 0.1) is 18.3 Å². The normalized spacial score (nSPS) is 24.2. The summed E-state index contributed by atoms with van der Waals surface area (Å²) in [5, 5.41) is 0. The van der Waals surface area contributed by atoms with Crippen LogP contribution in [0.3, 0.4) is 0 Å². The molecule has 2 saturated heterocycles. The topological polar surface area (TPSA) is 62.2 Å². The van der Waals surface area contributed by atoms with E-state index >= 15 is 0 Å². The van der Waals surface area contributed by atoms with Crippen LogP contribution >= 0.6 is 0 Å². The van der Waals surface area contributed by atoms with E-state index in [-0.39, 0.29) is 11.9 Å². The first-order valence-corrected chi connectivity index (χ1v) is 8.46. The molecular weight excluding hydrogens is 302 g/mol. The smallest absolute Gasteiger partial charge is 0.240 e. The number of hydrogen-bond donors (Lipinski definition) is 0. The summed E-state index contributed by atoms with van der Waals surface area (Å²) in [5.74, 6) is 0.827. The maximum Gasteiger partial charge on any atom is 0.240 e. The van der Waals surface area contributed by atoms with Crippen molar-refractivity contribution in [3.05, 3.63) is 54.4 Å². The third-order valence-corrected chi connectivity index (χ3v) is 4.98. The monoisotopic (exact) mass is 323 g/mol. The predicted octanol–water partition coefficient (Wildman–Crippen LogP) is 1.49. The molecule has 6 nitrogen and oxygen atoms in total. The van der Waals surface area contributed by atoms with Crippen LogP contribution in [0.2, 0.25) is 0 Å². The maximum absolute atomic E-state index is 13.0. The first-order valence-electron chi connectivity index (χ1n) is 8.46. The van der Waals surface area contributed by atoms with E-state index in [0.717, 1.165) is 43.7 Å². The largest absolute Gasteiger partial charge is 0.335 e. The average molecular weight is 323 g/mol. The Hall–Kier alpha value is -2.34. The van der Waals surface area contributed by atoms with Gasteiger partial charge < -0.3 is 4.90 Å². The molecule has 0 spiro atoms. The highest BCUT2D eigenvalue weighted by molar-refractivity contribution is 5.83. The summed E-state index contributed by atoms with van der Waals surface area (Å²) < 4.78 is 0. The lowest BCUT2D eigenvalue weighted by molar-refractivity contribution is -0.146. The Morgan fingerprint density at radius 3 is 2.83 bits per heavy atom. The van der Waals surface area contributed by atoms with Crippen LogP contribution in [-0.4, -0.2) is 49.8 Å². The molecule has 2 atom stereocenters. The van der Waals surface area contributed by atoms with Crippen molar-refractivity contribution >= 4 is 5.91 Å². The summed E-state index contributed by atoms with van der Waals surface area (Å²) >= 11 is 0. The third kappa shape index (κ3) is 3.14. The van der Waals surface area contributed by atoms with Crippen molar-refractivity contribution in [2.75, 3.05) is 13.1 Å². The molecule has 2 fully saturated rings. The van der Waals surface area contributed by atoms with Crippen LogP contribution in [0.1, 0.15) is 24.1 Å². The zero-order chi connectivity index (χ0) is 16.4. The number of carbonyl (C=O) groups excluding carboxylic acids is 1. The predicted molar refractivity (Wildman–Crippen MR) is 88.6 cm³/mol. The van der Waals surface area contributed by atoms with Crippen LogP contribution in [0.4, 0.5) is 0 Å². The van der Waals surface area contributed by atoms with E-state index in [4.69, 9.17) is 0 Å². The Morgan fingerprint density at radius 2 is 2.04 bits per heavy atom. The van der Waals surface area contributed by atoms with Crippen LogP contribution in [0.5, 0.6) is 0 Å². The fourth-order valence-corrected chi connectivity index (χ4v) is 3.79. The maximum atomic E-state index is 13.0. The van der Waals surface area contributed by atoms with Crippen molar-refractivity contribution in [3.8, 4) is 0 Å². The number of rotatable bonds is 4. The van der Waals surface area contributed by atoms with Gasteiger partial charge >= 0.3 is 0 Å². The molecular formula is C18H21N5O. The Morgan fingerprint density at radius 1 is 1.17 bits per heavy atom. The minimum atomic E-state index is -0.0265. The van der Waals surface area contributed by atoms with Gasteiger partial charge in [-0.25, -0.2) is 9.97 Å². The van der Waals surface area contributed by atoms with Crippen LogP contribution in [0, 0.1) is 5.92 Å². The van der Waals surface area contributed by atoms with Gasteiger partial charge in [0.2, 0.25) is 5.91 Å². The number of aromatic nitrogens is 3. The molecule has 0 N–H and O–H groups in total. The molecule has 0 saturated carbocycles. The zero-order valence-corrected chi connectivity index (χ0v) is 13.6. The molecule has 124 valence electrons. The molecule has 4 rings (SSSR count). The minimum Gasteiger partial charge on any atom is -0.335 e. The second-order valence-corrected chi connectivity index (χ2v) is 6.66. The van der Waals surface area contributed by atoms with Crippen LogP contribution < -0.4 is 0 Å². The van der Waals surface area contributed by atoms with Gasteiger partial charge in [-0.05, 0) is 37.4 Å². The number of nitrogens with zero attached hydrogens (tertiary/aromatic N) is 5. The van der Waals surface area contributed by atoms with Gasteiger partial charge in [0.25, 0.3) is 0 Å². The van der Waals surface area contributed by atoms with Gasteiger partial charge in [-0.15, -0.1) is 0 Å². The molecule has 4 heterocycles. The molecule has 1 amide bonds. The zero-order valence-electron chi connectivity index (χ0n) is 13.6. The number of hydrogen-bond acceptors (Lipinski definition) is 5. The number of likely N-dealkylation sites (tertiary alicyclic amines) is 2. The van der Waals surface area contributed by atoms with E-state index < -0.39 is 0 Å². The molecule has 2 aromatic heterocycles. The molecule has 2 aliphatic heterocycles. The van der Waals surface area contributed by atoms with Crippen molar-refractivity contribution in [1.29, 1.82) is 0 Å². The van der Waals surface area contributed by atoms with Crippen LogP contribution in [-0.2, 0) is 17.9 Å². The molecule has 24 heavy (non-hydrogen) atoms. The van der Waals surface area contributed by atoms with Gasteiger partial charge in [0, 0.05) is 37.2 Å². The molecule has 2 aromatic rings. The van der Waals surface area contributed by atoms with E-state index in [0.29, 0.717) is 12.5 Å². The number of piperidine rings is 2. The number of pyridine rings is 1. The van der Waals surface area contributed by atoms with E-state index in [2.05, 4.69) is 19.9 Å². The number of fused-ring (bicyclic) bond motifs is 2. The van der Waals surface area contributed by atoms with Crippen molar-refractivity contribution in [2.24, 2.45) is 5.92 Å². The lowest BCUT2D eigenvalue weighted by atomic mass is 9.85. The summed E-state index contributed by atoms with van der Waals surface area (Å²) in [6.45, 7) is 3.16. The Kier molecular flexibility index (Phi) is 4.21. The van der Waals surface area contributed by atoms with E-state index in [9.17, 15) is 4.79 Å². The minimum absolute atomic E-state index is 0.0265. The van der Waals surface area contributed by atoms with E-state index in [1.165, 1.54) is 6.33 Å². The molecule has 0 unspecified atom stereocenters. The van der Waals surface area contributed by atoms with Crippen molar-refractivity contribution in [3.63, 3.8) is 0 Å². The van der Waals surface area contributed by atoms with Crippen molar-refractivity contribution in [2.45, 2.75) is 32.0 Å². The number of amides is 1. The van der Waals surface area contributed by atoms with Crippen LogP contribution in [0.15, 0.2) is 43.1 Å². The van der Waals surface area contributed by atoms with Crippen LogP contribution in [0.25, 0.3) is 0 Å². The van der Waals surface area contributed by atoms with Gasteiger partial charge in [-0.1, -0.05) is 6.07 Å². The average Bonchev–Trinajstić information content (AvgIpc) is 2.63. The van der Waals surface area contributed by atoms with Gasteiger partial charge in [-0.2, -0.15) is 0 Å². The molecule has 2 bridgehead atoms. The van der Waals surface area contributed by atoms with Crippen molar-refractivity contribution in [1.82, 2.24) is 24.8 Å². The molecule has 0 aromatic carbocycles. The first-order chi connectivity index (χ1) is 11.8. The SMILES string of the molecule is O=C1[C@H]2C[C@H](CCN2Cc2cncnc2)CN1Cc1ccccn1. The summed E-state index contributed by atoms with van der Waals surface area (Å²) in [6.07, 6.45) is 9.08. The standard InChI is InChI=1S/C18H21N5O/c24-18-17-7-14(10-23(18)12-16-3-1-2-5-21-16)4-6-22(17)11-15-8-19-13-20-9-15/h1-3,5,8-9,13-14,17H,4,6-7,10-12H2/t14-,17+/m0/s1. The summed E-state index contributed by atoms with van der Waals surface area (Å²) in [7, 11) is 0. The summed E-state index contributed by atoms with van der Waals surface area (Å²) in [5.41, 5.74) is 2.01. The second-order valence-electron chi connectivity index (χ2n) is 6.66. The molecule has 6 heteroatoms. The summed E-state index contributed by atoms with van der Waals surface area (Å²) in [4.78, 5) is 29.7. The van der Waals surface area contributed by atoms with Gasteiger partial charge in [-0.3, -0.25) is 14.7 Å². The Balaban J connectivity index is 1.48. The second kappa shape index (κ2) is 6.65. The van der Waals surface area contributed by atoms with E-state index in [1.807, 2.05) is 35.5 Å². The summed E-state index contributed by atoms with van der Waals surface area (Å²) in [6, 6.07) is 5.83. The lowest BCUT2D eigenvalue weighted by Crippen LogP contribution is -2.58. The Labute approximate surface area is 141 Å². The molecule has 0 aliphatic carbocycles. The molecule has 2 aliphatic rings. The fourth-order valence-electron chi connectivity index (χ4n) is 3.79. The lowest BCUT2D eigenvalue weighted by Gasteiger charge is -2.46. The highest BCUT2D eigenvalue weighted by Gasteiger charge is 2.41. The molecule has 0 radical (unpaired) electrons. The first kappa shape index (κ1) is 15.2. The van der Waals surface area contributed by atoms with Crippen molar-refractivity contribution < 1.29 is 4.79 Å². The third-order valence-electron chi connectivity index (χ3n) is 4.98. The number of carbonyl (C=O) groups is 1. The highest BCUT2D eigenvalue weighted by Crippen LogP contribution is 2.31. The quantitative estimate of drug-likeness (QED) is 0.853.